The molecule has 0 saturated carbocycles. The molecule has 0 aliphatic rings. The zero-order valence-electron chi connectivity index (χ0n) is 6.41. The molecule has 58 valence electrons. The molecule has 3 heteroatoms. The van der Waals surface area contributed by atoms with Gasteiger partial charge < -0.3 is 4.98 Å². The number of aromatic nitrogens is 2. The van der Waals surface area contributed by atoms with Crippen LogP contribution in [0.15, 0.2) is 24.5 Å². The molecule has 0 unspecified atom stereocenters. The molecule has 0 amide bonds. The minimum Gasteiger partial charge on any atom is -0.360 e. The number of nitrogens with zero attached hydrogens (tertiary/aromatic N) is 2. The maximum atomic E-state index is 8.51. The fourth-order valence-corrected chi connectivity index (χ4v) is 1.25. The quantitative estimate of drug-likeness (QED) is 0.684. The smallest absolute Gasteiger partial charge is 0.0796 e. The molecule has 2 rings (SSSR count). The molecule has 0 spiro atoms. The van der Waals surface area contributed by atoms with Crippen molar-refractivity contribution in [2.24, 2.45) is 0 Å². The first kappa shape index (κ1) is 6.86. The standard InChI is InChI=1S/C9H7N3/c10-4-1-8-9-7(2-5-11-8)3-6-12-9/h2-3,5-6,12H,1H2. The SMILES string of the molecule is N#CCc1nccc2cc[nH]c12. The van der Waals surface area contributed by atoms with Gasteiger partial charge in [-0.2, -0.15) is 5.26 Å². The number of nitrogens with one attached hydrogen (secondary N) is 1. The summed E-state index contributed by atoms with van der Waals surface area (Å²) in [6, 6.07) is 5.98. The number of H-pyrrole nitrogens is 1. The molecular weight excluding hydrogens is 150 g/mol. The van der Waals surface area contributed by atoms with Crippen molar-refractivity contribution in [1.82, 2.24) is 9.97 Å². The van der Waals surface area contributed by atoms with Crippen LogP contribution in [0.25, 0.3) is 10.9 Å². The van der Waals surface area contributed by atoms with Crippen LogP contribution in [-0.4, -0.2) is 9.97 Å². The van der Waals surface area contributed by atoms with Gasteiger partial charge in [0.05, 0.1) is 23.7 Å². The van der Waals surface area contributed by atoms with Crippen LogP contribution in [-0.2, 0) is 6.42 Å². The van der Waals surface area contributed by atoms with Crippen molar-refractivity contribution in [3.05, 3.63) is 30.2 Å². The average molecular weight is 157 g/mol. The van der Waals surface area contributed by atoms with Crippen molar-refractivity contribution in [3.63, 3.8) is 0 Å². The summed E-state index contributed by atoms with van der Waals surface area (Å²) in [5.41, 5.74) is 1.79. The fourth-order valence-electron chi connectivity index (χ4n) is 1.25. The van der Waals surface area contributed by atoms with E-state index in [9.17, 15) is 0 Å². The van der Waals surface area contributed by atoms with Gasteiger partial charge in [0.15, 0.2) is 0 Å². The Labute approximate surface area is 69.7 Å². The summed E-state index contributed by atoms with van der Waals surface area (Å²) in [4.78, 5) is 7.17. The minimum absolute atomic E-state index is 0.359. The van der Waals surface area contributed by atoms with Crippen molar-refractivity contribution in [1.29, 1.82) is 5.26 Å². The lowest BCUT2D eigenvalue weighted by Crippen LogP contribution is -1.88. The zero-order chi connectivity index (χ0) is 8.39. The highest BCUT2D eigenvalue weighted by molar-refractivity contribution is 5.81. The number of hydrogen-bond donors (Lipinski definition) is 1. The third-order valence-electron chi connectivity index (χ3n) is 1.80. The molecule has 0 atom stereocenters. The summed E-state index contributed by atoms with van der Waals surface area (Å²) >= 11 is 0. The van der Waals surface area contributed by atoms with Crippen LogP contribution >= 0.6 is 0 Å². The van der Waals surface area contributed by atoms with Crippen LogP contribution in [0, 0.1) is 11.3 Å². The van der Waals surface area contributed by atoms with E-state index in [-0.39, 0.29) is 0 Å². The fraction of sp³-hybridized carbons (Fsp3) is 0.111. The molecule has 0 aliphatic heterocycles. The Morgan fingerprint density at radius 3 is 3.25 bits per heavy atom. The molecule has 2 heterocycles. The molecule has 0 aromatic carbocycles. The molecule has 2 aromatic rings. The number of hydrogen-bond acceptors (Lipinski definition) is 2. The van der Waals surface area contributed by atoms with Crippen molar-refractivity contribution in [3.8, 4) is 6.07 Å². The molecule has 12 heavy (non-hydrogen) atoms. The largest absolute Gasteiger partial charge is 0.360 e. The first-order valence-electron chi connectivity index (χ1n) is 3.70. The van der Waals surface area contributed by atoms with E-state index in [0.717, 1.165) is 16.6 Å². The second kappa shape index (κ2) is 2.67. The van der Waals surface area contributed by atoms with E-state index in [1.54, 1.807) is 6.20 Å². The molecule has 0 aliphatic carbocycles. The van der Waals surface area contributed by atoms with E-state index in [2.05, 4.69) is 16.0 Å². The Hall–Kier alpha value is -1.82. The first-order chi connectivity index (χ1) is 5.92. The lowest BCUT2D eigenvalue weighted by molar-refractivity contribution is 1.13. The van der Waals surface area contributed by atoms with Crippen molar-refractivity contribution in [2.45, 2.75) is 6.42 Å². The second-order valence-corrected chi connectivity index (χ2v) is 2.53. The molecule has 3 nitrogen and oxygen atoms in total. The number of fused-ring (bicyclic) bond motifs is 1. The monoisotopic (exact) mass is 157 g/mol. The highest BCUT2D eigenvalue weighted by Crippen LogP contribution is 2.14. The molecular formula is C9H7N3. The van der Waals surface area contributed by atoms with Crippen LogP contribution in [0.5, 0.6) is 0 Å². The Kier molecular flexibility index (Phi) is 1.52. The van der Waals surface area contributed by atoms with E-state index < -0.39 is 0 Å². The van der Waals surface area contributed by atoms with E-state index in [1.807, 2.05) is 18.3 Å². The maximum absolute atomic E-state index is 8.51. The summed E-state index contributed by atoms with van der Waals surface area (Å²) in [7, 11) is 0. The lowest BCUT2D eigenvalue weighted by atomic mass is 10.2. The first-order valence-corrected chi connectivity index (χ1v) is 3.70. The Bertz CT molecular complexity index is 436. The summed E-state index contributed by atoms with van der Waals surface area (Å²) in [6.07, 6.45) is 3.94. The van der Waals surface area contributed by atoms with Crippen molar-refractivity contribution in [2.75, 3.05) is 0 Å². The van der Waals surface area contributed by atoms with Crippen LogP contribution in [0.4, 0.5) is 0 Å². The normalized spacial score (nSPS) is 9.92. The van der Waals surface area contributed by atoms with E-state index in [0.29, 0.717) is 6.42 Å². The Morgan fingerprint density at radius 2 is 2.42 bits per heavy atom. The van der Waals surface area contributed by atoms with Gasteiger partial charge in [-0.25, -0.2) is 0 Å². The molecule has 0 saturated heterocycles. The van der Waals surface area contributed by atoms with Crippen LogP contribution in [0.1, 0.15) is 5.69 Å². The molecule has 1 N–H and O–H groups in total. The number of pyridine rings is 1. The summed E-state index contributed by atoms with van der Waals surface area (Å²) in [5.74, 6) is 0. The van der Waals surface area contributed by atoms with Crippen molar-refractivity contribution >= 4 is 10.9 Å². The molecule has 0 bridgehead atoms. The van der Waals surface area contributed by atoms with Gasteiger partial charge in [0.1, 0.15) is 0 Å². The Balaban J connectivity index is 2.67. The van der Waals surface area contributed by atoms with Gasteiger partial charge in [0, 0.05) is 17.8 Å². The summed E-state index contributed by atoms with van der Waals surface area (Å²) in [6.45, 7) is 0. The predicted molar refractivity (Wildman–Crippen MR) is 45.4 cm³/mol. The van der Waals surface area contributed by atoms with Gasteiger partial charge in [0.25, 0.3) is 0 Å². The molecule has 2 aromatic heterocycles. The van der Waals surface area contributed by atoms with Crippen LogP contribution in [0.2, 0.25) is 0 Å². The van der Waals surface area contributed by atoms with Crippen molar-refractivity contribution < 1.29 is 0 Å². The van der Waals surface area contributed by atoms with Gasteiger partial charge in [-0.1, -0.05) is 0 Å². The number of aromatic amines is 1. The zero-order valence-corrected chi connectivity index (χ0v) is 6.41. The highest BCUT2D eigenvalue weighted by Gasteiger charge is 2.00. The lowest BCUT2D eigenvalue weighted by Gasteiger charge is -1.94. The second-order valence-electron chi connectivity index (χ2n) is 2.53. The molecule has 0 fully saturated rings. The topological polar surface area (TPSA) is 52.5 Å². The van der Waals surface area contributed by atoms with Gasteiger partial charge in [-0.3, -0.25) is 4.98 Å². The number of rotatable bonds is 1. The third kappa shape index (κ3) is 0.940. The van der Waals surface area contributed by atoms with Gasteiger partial charge in [-0.05, 0) is 12.1 Å². The Morgan fingerprint density at radius 1 is 1.50 bits per heavy atom. The minimum atomic E-state index is 0.359. The highest BCUT2D eigenvalue weighted by atomic mass is 14.7. The van der Waals surface area contributed by atoms with Crippen LogP contribution < -0.4 is 0 Å². The predicted octanol–water partition coefficient (Wildman–Crippen LogP) is 1.63. The summed E-state index contributed by atoms with van der Waals surface area (Å²) < 4.78 is 0. The van der Waals surface area contributed by atoms with E-state index in [1.165, 1.54) is 0 Å². The van der Waals surface area contributed by atoms with Gasteiger partial charge in [0.2, 0.25) is 0 Å². The van der Waals surface area contributed by atoms with E-state index in [4.69, 9.17) is 5.26 Å². The van der Waals surface area contributed by atoms with Gasteiger partial charge in [-0.15, -0.1) is 0 Å². The molecule has 0 radical (unpaired) electrons. The van der Waals surface area contributed by atoms with Gasteiger partial charge >= 0.3 is 0 Å². The maximum Gasteiger partial charge on any atom is 0.0796 e. The average Bonchev–Trinajstić information content (AvgIpc) is 2.53. The van der Waals surface area contributed by atoms with E-state index >= 15 is 0 Å². The summed E-state index contributed by atoms with van der Waals surface area (Å²) in [5, 5.41) is 9.62. The van der Waals surface area contributed by atoms with Crippen LogP contribution in [0.3, 0.4) is 0 Å². The third-order valence-corrected chi connectivity index (χ3v) is 1.80. The number of nitriles is 1.